The van der Waals surface area contributed by atoms with Crippen molar-refractivity contribution in [2.24, 2.45) is 0 Å². The van der Waals surface area contributed by atoms with E-state index >= 15 is 0 Å². The summed E-state index contributed by atoms with van der Waals surface area (Å²) in [6.45, 7) is 1.24. The maximum absolute atomic E-state index is 13.6. The van der Waals surface area contributed by atoms with E-state index in [0.29, 0.717) is 23.9 Å². The van der Waals surface area contributed by atoms with Gasteiger partial charge in [0.2, 0.25) is 5.91 Å². The Kier molecular flexibility index (Phi) is 5.12. The molecule has 1 aliphatic carbocycles. The third kappa shape index (κ3) is 3.44. The van der Waals surface area contributed by atoms with Gasteiger partial charge in [0.1, 0.15) is 5.69 Å². The van der Waals surface area contributed by atoms with Crippen LogP contribution in [0, 0.1) is 0 Å². The van der Waals surface area contributed by atoms with E-state index in [-0.39, 0.29) is 17.2 Å². The molecule has 30 heavy (non-hydrogen) atoms. The van der Waals surface area contributed by atoms with Crippen LogP contribution in [0.4, 0.5) is 5.13 Å². The molecule has 0 radical (unpaired) electrons. The lowest BCUT2D eigenvalue weighted by atomic mass is 9.82. The number of anilines is 1. The van der Waals surface area contributed by atoms with Gasteiger partial charge in [-0.25, -0.2) is 4.98 Å². The first kappa shape index (κ1) is 19.4. The maximum Gasteiger partial charge on any atom is 0.276 e. The first-order valence-electron chi connectivity index (χ1n) is 10.2. The largest absolute Gasteiger partial charge is 0.336 e. The van der Waals surface area contributed by atoms with Crippen molar-refractivity contribution in [3.63, 3.8) is 0 Å². The average Bonchev–Trinajstić information content (AvgIpc) is 3.53. The Morgan fingerprint density at radius 3 is 2.73 bits per heavy atom. The van der Waals surface area contributed by atoms with Gasteiger partial charge in [-0.15, -0.1) is 11.3 Å². The molecule has 154 valence electrons. The van der Waals surface area contributed by atoms with Crippen LogP contribution in [0.5, 0.6) is 0 Å². The molecule has 0 unspecified atom stereocenters. The topological polar surface area (TPSA) is 75.2 Å². The number of pyridine rings is 1. The number of carbonyl (C=O) groups is 2. The van der Waals surface area contributed by atoms with E-state index in [0.717, 1.165) is 42.7 Å². The summed E-state index contributed by atoms with van der Waals surface area (Å²) >= 11 is 3.15. The number of hydrogen-bond donors (Lipinski definition) is 1. The monoisotopic (exact) mass is 438 g/mol. The normalized spacial score (nSPS) is 17.5. The third-order valence-electron chi connectivity index (χ3n) is 6.00. The molecule has 2 amide bonds. The summed E-state index contributed by atoms with van der Waals surface area (Å²) < 4.78 is 0. The summed E-state index contributed by atoms with van der Waals surface area (Å²) in [7, 11) is 0. The van der Waals surface area contributed by atoms with Gasteiger partial charge in [0.05, 0.1) is 17.7 Å². The summed E-state index contributed by atoms with van der Waals surface area (Å²) in [6, 6.07) is 9.39. The molecule has 1 fully saturated rings. The second-order valence-corrected chi connectivity index (χ2v) is 9.83. The molecule has 4 heterocycles. The number of hydrogen-bond acceptors (Lipinski definition) is 6. The summed E-state index contributed by atoms with van der Waals surface area (Å²) in [6.07, 6.45) is 6.39. The van der Waals surface area contributed by atoms with Crippen LogP contribution in [0.25, 0.3) is 0 Å². The summed E-state index contributed by atoms with van der Waals surface area (Å²) in [4.78, 5) is 38.9. The zero-order valence-corrected chi connectivity index (χ0v) is 18.1. The molecule has 0 bridgehead atoms. The van der Waals surface area contributed by atoms with Crippen molar-refractivity contribution in [2.75, 3.05) is 11.9 Å². The van der Waals surface area contributed by atoms with Gasteiger partial charge in [-0.05, 0) is 36.4 Å². The molecule has 5 rings (SSSR count). The van der Waals surface area contributed by atoms with Crippen molar-refractivity contribution in [3.8, 4) is 0 Å². The van der Waals surface area contributed by atoms with E-state index in [1.165, 1.54) is 16.2 Å². The molecular weight excluding hydrogens is 416 g/mol. The molecule has 8 heteroatoms. The van der Waals surface area contributed by atoms with Crippen LogP contribution in [0.1, 0.15) is 51.6 Å². The van der Waals surface area contributed by atoms with Crippen molar-refractivity contribution in [1.82, 2.24) is 14.9 Å². The average molecular weight is 439 g/mol. The Morgan fingerprint density at radius 2 is 2.00 bits per heavy atom. The fourth-order valence-corrected chi connectivity index (χ4v) is 6.48. The fourth-order valence-electron chi connectivity index (χ4n) is 4.48. The zero-order valence-electron chi connectivity index (χ0n) is 16.5. The lowest BCUT2D eigenvalue weighted by Gasteiger charge is -2.35. The zero-order chi connectivity index (χ0) is 20.6. The van der Waals surface area contributed by atoms with Crippen LogP contribution in [0.2, 0.25) is 0 Å². The van der Waals surface area contributed by atoms with Crippen LogP contribution >= 0.6 is 22.7 Å². The number of fused-ring (bicyclic) bond motifs is 1. The minimum absolute atomic E-state index is 0.251. The molecule has 1 N–H and O–H groups in total. The molecule has 3 aromatic heterocycles. The van der Waals surface area contributed by atoms with E-state index in [2.05, 4.69) is 26.7 Å². The summed E-state index contributed by atoms with van der Waals surface area (Å²) in [5.41, 5.74) is 0.991. The Bertz CT molecular complexity index is 1060. The standard InChI is InChI=1S/C22H22N4O2S2/c27-19(16-6-1-4-11-23-16)25-21-24-15-8-12-26(14-17(15)30-21)20(28)22(9-2-3-10-22)18-7-5-13-29-18/h1,4-7,11,13H,2-3,8-10,12,14H2,(H,24,25,27). The van der Waals surface area contributed by atoms with Crippen LogP contribution in [-0.2, 0) is 23.2 Å². The molecule has 2 aliphatic rings. The van der Waals surface area contributed by atoms with E-state index in [4.69, 9.17) is 0 Å². The molecule has 0 spiro atoms. The summed E-state index contributed by atoms with van der Waals surface area (Å²) in [5.74, 6) is -0.0159. The number of thiophene rings is 1. The molecule has 0 aromatic carbocycles. The number of nitrogens with one attached hydrogen (secondary N) is 1. The van der Waals surface area contributed by atoms with E-state index in [9.17, 15) is 9.59 Å². The Labute approximate surface area is 183 Å². The molecule has 0 atom stereocenters. The highest BCUT2D eigenvalue weighted by Crippen LogP contribution is 2.45. The minimum atomic E-state index is -0.355. The summed E-state index contributed by atoms with van der Waals surface area (Å²) in [5, 5.41) is 5.48. The first-order valence-corrected chi connectivity index (χ1v) is 11.9. The van der Waals surface area contributed by atoms with Gasteiger partial charge in [-0.2, -0.15) is 0 Å². The number of thiazole rings is 1. The van der Waals surface area contributed by atoms with Gasteiger partial charge in [0.15, 0.2) is 5.13 Å². The van der Waals surface area contributed by atoms with Crippen LogP contribution < -0.4 is 5.32 Å². The Balaban J connectivity index is 1.33. The molecular formula is C22H22N4O2S2. The van der Waals surface area contributed by atoms with Crippen LogP contribution in [0.15, 0.2) is 41.9 Å². The number of aromatic nitrogens is 2. The number of carbonyl (C=O) groups excluding carboxylic acids is 2. The Hall–Kier alpha value is -2.58. The molecule has 3 aromatic rings. The lowest BCUT2D eigenvalue weighted by Crippen LogP contribution is -2.46. The maximum atomic E-state index is 13.6. The van der Waals surface area contributed by atoms with E-state index in [1.54, 1.807) is 35.7 Å². The second-order valence-electron chi connectivity index (χ2n) is 7.80. The van der Waals surface area contributed by atoms with Gasteiger partial charge < -0.3 is 4.90 Å². The highest BCUT2D eigenvalue weighted by molar-refractivity contribution is 7.15. The molecule has 6 nitrogen and oxygen atoms in total. The lowest BCUT2D eigenvalue weighted by molar-refractivity contribution is -0.138. The van der Waals surface area contributed by atoms with Gasteiger partial charge in [-0.1, -0.05) is 36.3 Å². The highest BCUT2D eigenvalue weighted by atomic mass is 32.1. The Morgan fingerprint density at radius 1 is 1.13 bits per heavy atom. The minimum Gasteiger partial charge on any atom is -0.336 e. The predicted molar refractivity (Wildman–Crippen MR) is 118 cm³/mol. The smallest absolute Gasteiger partial charge is 0.276 e. The van der Waals surface area contributed by atoms with Crippen molar-refractivity contribution in [2.45, 2.75) is 44.1 Å². The molecule has 1 saturated carbocycles. The van der Waals surface area contributed by atoms with Gasteiger partial charge in [-0.3, -0.25) is 19.9 Å². The second kappa shape index (κ2) is 7.92. The quantitative estimate of drug-likeness (QED) is 0.661. The van der Waals surface area contributed by atoms with Crippen molar-refractivity contribution in [1.29, 1.82) is 0 Å². The number of nitrogens with zero attached hydrogens (tertiary/aromatic N) is 3. The predicted octanol–water partition coefficient (Wildman–Crippen LogP) is 4.25. The van der Waals surface area contributed by atoms with Gasteiger partial charge in [0.25, 0.3) is 5.91 Å². The number of rotatable bonds is 4. The third-order valence-corrected chi connectivity index (χ3v) is 8.07. The van der Waals surface area contributed by atoms with Gasteiger partial charge >= 0.3 is 0 Å². The SMILES string of the molecule is O=C(Nc1nc2c(s1)CN(C(=O)C1(c3cccs3)CCCC1)CC2)c1ccccn1. The van der Waals surface area contributed by atoms with Crippen molar-refractivity contribution < 1.29 is 9.59 Å². The van der Waals surface area contributed by atoms with E-state index < -0.39 is 0 Å². The van der Waals surface area contributed by atoms with Crippen LogP contribution in [0.3, 0.4) is 0 Å². The van der Waals surface area contributed by atoms with Crippen LogP contribution in [-0.4, -0.2) is 33.2 Å². The molecule has 0 saturated heterocycles. The van der Waals surface area contributed by atoms with Gasteiger partial charge in [0, 0.05) is 28.9 Å². The first-order chi connectivity index (χ1) is 14.7. The molecule has 1 aliphatic heterocycles. The van der Waals surface area contributed by atoms with Crippen molar-refractivity contribution in [3.05, 3.63) is 63.1 Å². The van der Waals surface area contributed by atoms with E-state index in [1.807, 2.05) is 11.0 Å². The highest BCUT2D eigenvalue weighted by Gasteiger charge is 2.46. The number of amides is 2. The fraction of sp³-hybridized carbons (Fsp3) is 0.364. The van der Waals surface area contributed by atoms with Crippen molar-refractivity contribution >= 4 is 39.6 Å².